The maximum absolute atomic E-state index is 11.2. The third-order valence-corrected chi connectivity index (χ3v) is 2.11. The van der Waals surface area contributed by atoms with Crippen LogP contribution in [0.1, 0.15) is 26.3 Å². The highest BCUT2D eigenvalue weighted by Crippen LogP contribution is 2.26. The lowest BCUT2D eigenvalue weighted by atomic mass is 9.97. The first-order valence-electron chi connectivity index (χ1n) is 4.78. The van der Waals surface area contributed by atoms with Crippen molar-refractivity contribution in [2.45, 2.75) is 32.5 Å². The fourth-order valence-corrected chi connectivity index (χ4v) is 1.38. The molecule has 1 aromatic rings. The molecule has 1 rings (SSSR count). The van der Waals surface area contributed by atoms with Crippen molar-refractivity contribution in [3.63, 3.8) is 0 Å². The molecule has 0 amide bonds. The van der Waals surface area contributed by atoms with E-state index in [0.29, 0.717) is 5.56 Å². The van der Waals surface area contributed by atoms with E-state index in [-0.39, 0.29) is 6.10 Å². The lowest BCUT2D eigenvalue weighted by Gasteiger charge is -2.27. The summed E-state index contributed by atoms with van der Waals surface area (Å²) in [4.78, 5) is 15.1. The van der Waals surface area contributed by atoms with Crippen LogP contribution in [0, 0.1) is 0 Å². The number of hydrogen-bond acceptors (Lipinski definition) is 3. The van der Waals surface area contributed by atoms with Gasteiger partial charge in [0.2, 0.25) is 0 Å². The summed E-state index contributed by atoms with van der Waals surface area (Å²) in [7, 11) is 0. The molecule has 15 heavy (non-hydrogen) atoms. The summed E-state index contributed by atoms with van der Waals surface area (Å²) in [5.41, 5.74) is -0.712. The summed E-state index contributed by atoms with van der Waals surface area (Å²) in [6, 6.07) is 3.30. The van der Waals surface area contributed by atoms with Gasteiger partial charge in [-0.05, 0) is 38.5 Å². The van der Waals surface area contributed by atoms with Crippen molar-refractivity contribution in [3.05, 3.63) is 30.1 Å². The Bertz CT molecular complexity index is 337. The Kier molecular flexibility index (Phi) is 3.42. The molecule has 4 nitrogen and oxygen atoms in total. The van der Waals surface area contributed by atoms with Gasteiger partial charge < -0.3 is 9.84 Å². The molecule has 0 fully saturated rings. The first-order chi connectivity index (χ1) is 6.97. The second-order valence-corrected chi connectivity index (χ2v) is 3.74. The molecule has 0 aromatic carbocycles. The maximum Gasteiger partial charge on any atom is 0.340 e. The van der Waals surface area contributed by atoms with Gasteiger partial charge in [-0.3, -0.25) is 4.98 Å². The van der Waals surface area contributed by atoms with Crippen LogP contribution in [0.25, 0.3) is 0 Å². The van der Waals surface area contributed by atoms with E-state index < -0.39 is 11.6 Å². The van der Waals surface area contributed by atoms with Gasteiger partial charge in [0.05, 0.1) is 6.10 Å². The Morgan fingerprint density at radius 1 is 1.47 bits per heavy atom. The summed E-state index contributed by atoms with van der Waals surface area (Å²) in [6.45, 7) is 5.16. The summed E-state index contributed by atoms with van der Waals surface area (Å²) in [5, 5.41) is 9.19. The van der Waals surface area contributed by atoms with E-state index in [1.165, 1.54) is 0 Å². The van der Waals surface area contributed by atoms with Crippen molar-refractivity contribution >= 4 is 5.97 Å². The SMILES string of the molecule is CC(C)OC(C)(C(=O)O)c1ccncc1. The summed E-state index contributed by atoms with van der Waals surface area (Å²) < 4.78 is 5.46. The van der Waals surface area contributed by atoms with Crippen molar-refractivity contribution in [1.82, 2.24) is 4.98 Å². The number of carboxylic acid groups (broad SMARTS) is 1. The van der Waals surface area contributed by atoms with E-state index in [4.69, 9.17) is 4.74 Å². The van der Waals surface area contributed by atoms with Crippen LogP contribution in [0.2, 0.25) is 0 Å². The minimum Gasteiger partial charge on any atom is -0.479 e. The monoisotopic (exact) mass is 209 g/mol. The van der Waals surface area contributed by atoms with Gasteiger partial charge in [0.1, 0.15) is 0 Å². The first-order valence-corrected chi connectivity index (χ1v) is 4.78. The Morgan fingerprint density at radius 3 is 2.40 bits per heavy atom. The topological polar surface area (TPSA) is 59.4 Å². The fraction of sp³-hybridized carbons (Fsp3) is 0.455. The summed E-state index contributed by atoms with van der Waals surface area (Å²) in [6.07, 6.45) is 2.96. The van der Waals surface area contributed by atoms with Crippen molar-refractivity contribution in [2.24, 2.45) is 0 Å². The Morgan fingerprint density at radius 2 is 2.00 bits per heavy atom. The molecule has 1 atom stereocenters. The van der Waals surface area contributed by atoms with Crippen molar-refractivity contribution in [3.8, 4) is 0 Å². The van der Waals surface area contributed by atoms with Crippen LogP contribution < -0.4 is 0 Å². The lowest BCUT2D eigenvalue weighted by Crippen LogP contribution is -2.37. The minimum absolute atomic E-state index is 0.153. The molecule has 0 saturated heterocycles. The third kappa shape index (κ3) is 2.53. The molecule has 82 valence electrons. The first kappa shape index (κ1) is 11.7. The molecular weight excluding hydrogens is 194 g/mol. The molecule has 0 bridgehead atoms. The zero-order valence-electron chi connectivity index (χ0n) is 9.10. The van der Waals surface area contributed by atoms with Crippen LogP contribution >= 0.6 is 0 Å². The van der Waals surface area contributed by atoms with E-state index in [1.807, 2.05) is 13.8 Å². The third-order valence-electron chi connectivity index (χ3n) is 2.11. The van der Waals surface area contributed by atoms with Crippen molar-refractivity contribution in [1.29, 1.82) is 0 Å². The second kappa shape index (κ2) is 4.40. The minimum atomic E-state index is -1.31. The number of aromatic nitrogens is 1. The highest BCUT2D eigenvalue weighted by atomic mass is 16.5. The van der Waals surface area contributed by atoms with Crippen molar-refractivity contribution < 1.29 is 14.6 Å². The average Bonchev–Trinajstić information content (AvgIpc) is 2.17. The van der Waals surface area contributed by atoms with Crippen LogP contribution in [-0.2, 0) is 15.1 Å². The number of rotatable bonds is 4. The normalized spacial score (nSPS) is 14.9. The number of aliphatic carboxylic acids is 1. The van der Waals surface area contributed by atoms with Crippen LogP contribution in [-0.4, -0.2) is 22.2 Å². The smallest absolute Gasteiger partial charge is 0.340 e. The van der Waals surface area contributed by atoms with E-state index in [2.05, 4.69) is 4.98 Å². The Labute approximate surface area is 88.9 Å². The van der Waals surface area contributed by atoms with Gasteiger partial charge in [-0.15, -0.1) is 0 Å². The quantitative estimate of drug-likeness (QED) is 0.821. The molecule has 0 aliphatic carbocycles. The van der Waals surface area contributed by atoms with Gasteiger partial charge in [-0.2, -0.15) is 0 Å². The maximum atomic E-state index is 11.2. The molecule has 1 N–H and O–H groups in total. The molecule has 1 heterocycles. The van der Waals surface area contributed by atoms with Crippen LogP contribution in [0.5, 0.6) is 0 Å². The van der Waals surface area contributed by atoms with E-state index in [0.717, 1.165) is 0 Å². The van der Waals surface area contributed by atoms with Crippen LogP contribution in [0.4, 0.5) is 0 Å². The predicted molar refractivity (Wildman–Crippen MR) is 55.4 cm³/mol. The average molecular weight is 209 g/mol. The molecule has 1 unspecified atom stereocenters. The van der Waals surface area contributed by atoms with Gasteiger partial charge in [0.15, 0.2) is 5.60 Å². The highest BCUT2D eigenvalue weighted by molar-refractivity contribution is 5.78. The predicted octanol–water partition coefficient (Wildman–Crippen LogP) is 1.81. The van der Waals surface area contributed by atoms with E-state index >= 15 is 0 Å². The molecular formula is C11H15NO3. The summed E-state index contributed by atoms with van der Waals surface area (Å²) >= 11 is 0. The molecule has 0 aliphatic heterocycles. The highest BCUT2D eigenvalue weighted by Gasteiger charge is 2.37. The van der Waals surface area contributed by atoms with Gasteiger partial charge in [0, 0.05) is 12.4 Å². The van der Waals surface area contributed by atoms with Gasteiger partial charge in [-0.25, -0.2) is 4.79 Å². The largest absolute Gasteiger partial charge is 0.479 e. The van der Waals surface area contributed by atoms with Gasteiger partial charge >= 0.3 is 5.97 Å². The van der Waals surface area contributed by atoms with Crippen LogP contribution in [0.15, 0.2) is 24.5 Å². The zero-order chi connectivity index (χ0) is 11.5. The number of carboxylic acids is 1. The van der Waals surface area contributed by atoms with E-state index in [9.17, 15) is 9.90 Å². The van der Waals surface area contributed by atoms with Gasteiger partial charge in [-0.1, -0.05) is 0 Å². The van der Waals surface area contributed by atoms with Gasteiger partial charge in [0.25, 0.3) is 0 Å². The fourth-order valence-electron chi connectivity index (χ4n) is 1.38. The van der Waals surface area contributed by atoms with Crippen molar-refractivity contribution in [2.75, 3.05) is 0 Å². The molecule has 0 aliphatic rings. The van der Waals surface area contributed by atoms with E-state index in [1.54, 1.807) is 31.5 Å². The number of pyridine rings is 1. The Hall–Kier alpha value is -1.42. The number of carbonyl (C=O) groups is 1. The molecule has 0 radical (unpaired) electrons. The standard InChI is InChI=1S/C11H15NO3/c1-8(2)15-11(3,10(13)14)9-4-6-12-7-5-9/h4-8H,1-3H3,(H,13,14). The number of nitrogens with zero attached hydrogens (tertiary/aromatic N) is 1. The Balaban J connectivity index is 3.07. The molecule has 0 saturated carbocycles. The molecule has 4 heteroatoms. The number of ether oxygens (including phenoxy) is 1. The zero-order valence-corrected chi connectivity index (χ0v) is 9.10. The summed E-state index contributed by atoms with van der Waals surface area (Å²) in [5.74, 6) is -0.998. The lowest BCUT2D eigenvalue weighted by molar-refractivity contribution is -0.170. The molecule has 0 spiro atoms. The second-order valence-electron chi connectivity index (χ2n) is 3.74. The molecule has 1 aromatic heterocycles. The number of hydrogen-bond donors (Lipinski definition) is 1. The van der Waals surface area contributed by atoms with Crippen LogP contribution in [0.3, 0.4) is 0 Å².